The van der Waals surface area contributed by atoms with Crippen LogP contribution in [0.5, 0.6) is 0 Å². The monoisotopic (exact) mass is 305 g/mol. The maximum absolute atomic E-state index is 12.3. The summed E-state index contributed by atoms with van der Waals surface area (Å²) in [5.74, 6) is -0.106. The van der Waals surface area contributed by atoms with E-state index in [2.05, 4.69) is 44.6 Å². The first-order valence-electron chi connectivity index (χ1n) is 7.72. The molecular weight excluding hydrogens is 278 g/mol. The van der Waals surface area contributed by atoms with Crippen molar-refractivity contribution in [2.75, 3.05) is 6.61 Å². The van der Waals surface area contributed by atoms with Crippen molar-refractivity contribution in [1.82, 2.24) is 0 Å². The first-order valence-corrected chi connectivity index (χ1v) is 7.72. The number of Topliss-reactive ketones (excluding diaryl/α,β-unsaturated/α-hetero) is 1. The Kier molecular flexibility index (Phi) is 6.15. The van der Waals surface area contributed by atoms with Crippen LogP contribution < -0.4 is 5.73 Å². The molecule has 0 heterocycles. The molecule has 0 aromatic heterocycles. The van der Waals surface area contributed by atoms with Crippen molar-refractivity contribution in [2.24, 2.45) is 11.1 Å². The van der Waals surface area contributed by atoms with E-state index in [1.165, 1.54) is 0 Å². The zero-order chi connectivity index (χ0) is 16.8. The van der Waals surface area contributed by atoms with E-state index in [-0.39, 0.29) is 23.2 Å². The third kappa shape index (κ3) is 4.33. The molecule has 0 radical (unpaired) electrons. The van der Waals surface area contributed by atoms with Crippen LogP contribution in [0.15, 0.2) is 30.3 Å². The summed E-state index contributed by atoms with van der Waals surface area (Å²) < 4.78 is 4.67. The lowest BCUT2D eigenvalue weighted by molar-refractivity contribution is -0.124. The number of hydrogen-bond acceptors (Lipinski definition) is 3. The molecule has 0 aliphatic heterocycles. The quantitative estimate of drug-likeness (QED) is 0.832. The van der Waals surface area contributed by atoms with E-state index in [1.807, 2.05) is 18.2 Å². The predicted octanol–water partition coefficient (Wildman–Crippen LogP) is 3.83. The SMILES string of the molecule is CCCC(CC(=O)COC(N)=O)(c1ccccc1)C(C)(C)C. The standard InChI is InChI=1S/C18H27NO3/c1-5-11-18(17(2,3)4,14-9-7-6-8-10-14)12-15(20)13-22-16(19)21/h6-10H,5,11-13H2,1-4H3,(H2,19,21). The molecule has 4 nitrogen and oxygen atoms in total. The molecule has 2 N–H and O–H groups in total. The highest BCUT2D eigenvalue weighted by Crippen LogP contribution is 2.47. The summed E-state index contributed by atoms with van der Waals surface area (Å²) in [5, 5.41) is 0. The van der Waals surface area contributed by atoms with E-state index in [1.54, 1.807) is 0 Å². The second kappa shape index (κ2) is 7.43. The number of amides is 1. The van der Waals surface area contributed by atoms with Gasteiger partial charge in [-0.1, -0.05) is 64.4 Å². The van der Waals surface area contributed by atoms with Gasteiger partial charge in [0.15, 0.2) is 12.4 Å². The van der Waals surface area contributed by atoms with E-state index in [0.29, 0.717) is 6.42 Å². The number of ether oxygens (including phenoxy) is 1. The fraction of sp³-hybridized carbons (Fsp3) is 0.556. The number of carbonyl (C=O) groups is 2. The Morgan fingerprint density at radius 1 is 1.14 bits per heavy atom. The van der Waals surface area contributed by atoms with Gasteiger partial charge in [0.25, 0.3) is 0 Å². The van der Waals surface area contributed by atoms with Crippen LogP contribution in [-0.2, 0) is 14.9 Å². The summed E-state index contributed by atoms with van der Waals surface area (Å²) in [7, 11) is 0. The van der Waals surface area contributed by atoms with Crippen LogP contribution in [0.1, 0.15) is 52.5 Å². The molecule has 0 aliphatic rings. The van der Waals surface area contributed by atoms with Gasteiger partial charge in [0.2, 0.25) is 0 Å². The summed E-state index contributed by atoms with van der Waals surface area (Å²) >= 11 is 0. The Morgan fingerprint density at radius 3 is 2.18 bits per heavy atom. The van der Waals surface area contributed by atoms with Crippen molar-refractivity contribution in [3.8, 4) is 0 Å². The fourth-order valence-electron chi connectivity index (χ4n) is 3.13. The molecule has 4 heteroatoms. The first kappa shape index (κ1) is 18.2. The highest BCUT2D eigenvalue weighted by atomic mass is 16.5. The van der Waals surface area contributed by atoms with Gasteiger partial charge in [-0.25, -0.2) is 4.79 Å². The van der Waals surface area contributed by atoms with E-state index in [9.17, 15) is 9.59 Å². The number of nitrogens with two attached hydrogens (primary N) is 1. The molecular formula is C18H27NO3. The first-order chi connectivity index (χ1) is 10.2. The zero-order valence-corrected chi connectivity index (χ0v) is 14.0. The smallest absolute Gasteiger partial charge is 0.404 e. The van der Waals surface area contributed by atoms with Gasteiger partial charge >= 0.3 is 6.09 Å². The van der Waals surface area contributed by atoms with Crippen LogP contribution >= 0.6 is 0 Å². The zero-order valence-electron chi connectivity index (χ0n) is 14.0. The molecule has 0 saturated carbocycles. The van der Waals surface area contributed by atoms with Gasteiger partial charge in [-0.2, -0.15) is 0 Å². The lowest BCUT2D eigenvalue weighted by Crippen LogP contribution is -2.43. The van der Waals surface area contributed by atoms with Crippen molar-refractivity contribution in [2.45, 2.75) is 52.4 Å². The van der Waals surface area contributed by atoms with E-state index >= 15 is 0 Å². The minimum atomic E-state index is -0.912. The third-order valence-electron chi connectivity index (χ3n) is 4.31. The largest absolute Gasteiger partial charge is 0.442 e. The summed E-state index contributed by atoms with van der Waals surface area (Å²) in [6, 6.07) is 10.1. The maximum Gasteiger partial charge on any atom is 0.404 e. The second-order valence-corrected chi connectivity index (χ2v) is 6.77. The fourth-order valence-corrected chi connectivity index (χ4v) is 3.13. The van der Waals surface area contributed by atoms with Crippen molar-refractivity contribution in [1.29, 1.82) is 0 Å². The Hall–Kier alpha value is -1.84. The number of rotatable bonds is 7. The summed E-state index contributed by atoms with van der Waals surface area (Å²) in [6.07, 6.45) is 1.28. The van der Waals surface area contributed by atoms with Gasteiger partial charge < -0.3 is 10.5 Å². The molecule has 1 rings (SSSR count). The maximum atomic E-state index is 12.3. The van der Waals surface area contributed by atoms with Crippen LogP contribution in [-0.4, -0.2) is 18.5 Å². The molecule has 0 aliphatic carbocycles. The number of carbonyl (C=O) groups excluding carboxylic acids is 2. The average Bonchev–Trinajstić information content (AvgIpc) is 2.44. The van der Waals surface area contributed by atoms with Gasteiger partial charge in [0, 0.05) is 11.8 Å². The Morgan fingerprint density at radius 2 is 1.73 bits per heavy atom. The van der Waals surface area contributed by atoms with E-state index in [0.717, 1.165) is 18.4 Å². The van der Waals surface area contributed by atoms with Gasteiger partial charge in [-0.3, -0.25) is 4.79 Å². The minimum absolute atomic E-state index is 0.104. The topological polar surface area (TPSA) is 69.4 Å². The van der Waals surface area contributed by atoms with Gasteiger partial charge in [-0.05, 0) is 17.4 Å². The van der Waals surface area contributed by atoms with Crippen LogP contribution in [0.2, 0.25) is 0 Å². The lowest BCUT2D eigenvalue weighted by atomic mass is 9.58. The highest BCUT2D eigenvalue weighted by molar-refractivity contribution is 5.83. The molecule has 1 atom stereocenters. The van der Waals surface area contributed by atoms with Crippen LogP contribution in [0.3, 0.4) is 0 Å². The second-order valence-electron chi connectivity index (χ2n) is 6.77. The molecule has 0 saturated heterocycles. The molecule has 1 unspecified atom stereocenters. The molecule has 0 spiro atoms. The van der Waals surface area contributed by atoms with E-state index in [4.69, 9.17) is 5.73 Å². The van der Waals surface area contributed by atoms with Crippen LogP contribution in [0, 0.1) is 5.41 Å². The van der Waals surface area contributed by atoms with E-state index < -0.39 is 6.09 Å². The van der Waals surface area contributed by atoms with Gasteiger partial charge in [0.1, 0.15) is 0 Å². The molecule has 22 heavy (non-hydrogen) atoms. The molecule has 1 amide bonds. The van der Waals surface area contributed by atoms with Crippen LogP contribution in [0.25, 0.3) is 0 Å². The van der Waals surface area contributed by atoms with Crippen molar-refractivity contribution < 1.29 is 14.3 Å². The third-order valence-corrected chi connectivity index (χ3v) is 4.31. The number of ketones is 1. The van der Waals surface area contributed by atoms with Crippen molar-refractivity contribution >= 4 is 11.9 Å². The predicted molar refractivity (Wildman–Crippen MR) is 87.6 cm³/mol. The molecule has 0 bridgehead atoms. The lowest BCUT2D eigenvalue weighted by Gasteiger charge is -2.45. The number of hydrogen-bond donors (Lipinski definition) is 1. The molecule has 1 aromatic carbocycles. The van der Waals surface area contributed by atoms with Gasteiger partial charge in [0.05, 0.1) is 0 Å². The molecule has 0 fully saturated rings. The minimum Gasteiger partial charge on any atom is -0.442 e. The Balaban J connectivity index is 3.15. The number of primary amides is 1. The summed E-state index contributed by atoms with van der Waals surface area (Å²) in [5.41, 5.74) is 5.70. The van der Waals surface area contributed by atoms with Crippen molar-refractivity contribution in [3.05, 3.63) is 35.9 Å². The van der Waals surface area contributed by atoms with Gasteiger partial charge in [-0.15, -0.1) is 0 Å². The molecule has 1 aromatic rings. The van der Waals surface area contributed by atoms with Crippen LogP contribution in [0.4, 0.5) is 4.79 Å². The highest BCUT2D eigenvalue weighted by Gasteiger charge is 2.43. The summed E-state index contributed by atoms with van der Waals surface area (Å²) in [6.45, 7) is 8.31. The summed E-state index contributed by atoms with van der Waals surface area (Å²) in [4.78, 5) is 23.0. The van der Waals surface area contributed by atoms with Crippen molar-refractivity contribution in [3.63, 3.8) is 0 Å². The normalized spacial score (nSPS) is 14.2. The Labute approximate surface area is 133 Å². The molecule has 122 valence electrons. The Bertz CT molecular complexity index is 505. The number of benzene rings is 1. The average molecular weight is 305 g/mol.